The van der Waals surface area contributed by atoms with Crippen LogP contribution in [-0.2, 0) is 0 Å². The van der Waals surface area contributed by atoms with E-state index in [1.165, 1.54) is 19.3 Å². The lowest BCUT2D eigenvalue weighted by molar-refractivity contribution is 0.597. The number of hydrogen-bond donors (Lipinski definition) is 1. The molecule has 1 N–H and O–H groups in total. The Hall–Kier alpha value is -0.860. The first-order chi connectivity index (χ1) is 5.34. The first-order valence-corrected chi connectivity index (χ1v) is 4.20. The van der Waals surface area contributed by atoms with Gasteiger partial charge < -0.3 is 4.98 Å². The van der Waals surface area contributed by atoms with Crippen LogP contribution >= 0.6 is 0 Å². The molecule has 0 spiro atoms. The van der Waals surface area contributed by atoms with Crippen molar-refractivity contribution in [2.45, 2.75) is 39.0 Å². The second-order valence-electron chi connectivity index (χ2n) is 2.92. The molecule has 0 fully saturated rings. The summed E-state index contributed by atoms with van der Waals surface area (Å²) in [5.41, 5.74) is 0. The van der Waals surface area contributed by atoms with Crippen LogP contribution in [0.5, 0.6) is 0 Å². The normalized spacial score (nSPS) is 13.3. The maximum atomic E-state index is 3.96. The molecule has 0 amide bonds. The van der Waals surface area contributed by atoms with Crippen LogP contribution in [0.4, 0.5) is 0 Å². The summed E-state index contributed by atoms with van der Waals surface area (Å²) >= 11 is 0. The monoisotopic (exact) mass is 153 g/mol. The summed E-state index contributed by atoms with van der Waals surface area (Å²) < 4.78 is 0. The molecule has 11 heavy (non-hydrogen) atoms. The van der Waals surface area contributed by atoms with Crippen LogP contribution < -0.4 is 0 Å². The average molecular weight is 153 g/mol. The van der Waals surface area contributed by atoms with Gasteiger partial charge in [-0.1, -0.05) is 26.7 Å². The predicted molar refractivity (Wildman–Crippen MR) is 44.3 cm³/mol. The van der Waals surface area contributed by atoms with Gasteiger partial charge in [-0.15, -0.1) is 10.2 Å². The van der Waals surface area contributed by atoms with Crippen molar-refractivity contribution in [2.24, 2.45) is 0 Å². The largest absolute Gasteiger partial charge is 0.331 e. The maximum absolute atomic E-state index is 3.96. The van der Waals surface area contributed by atoms with E-state index in [1.807, 2.05) is 0 Å². The molecule has 62 valence electrons. The van der Waals surface area contributed by atoms with Crippen LogP contribution in [0, 0.1) is 0 Å². The molecule has 3 heteroatoms. The molecule has 0 bridgehead atoms. The summed E-state index contributed by atoms with van der Waals surface area (Å²) in [6, 6.07) is 0. The molecular formula is C8H15N3. The van der Waals surface area contributed by atoms with Crippen LogP contribution in [0.3, 0.4) is 0 Å². The van der Waals surface area contributed by atoms with E-state index in [2.05, 4.69) is 29.0 Å². The molecule has 0 aliphatic heterocycles. The van der Waals surface area contributed by atoms with Gasteiger partial charge >= 0.3 is 0 Å². The Morgan fingerprint density at radius 1 is 1.64 bits per heavy atom. The summed E-state index contributed by atoms with van der Waals surface area (Å²) in [5.74, 6) is 1.54. The fourth-order valence-corrected chi connectivity index (χ4v) is 1.10. The number of H-pyrrole nitrogens is 1. The minimum absolute atomic E-state index is 0.525. The minimum Gasteiger partial charge on any atom is -0.331 e. The van der Waals surface area contributed by atoms with E-state index in [-0.39, 0.29) is 0 Å². The van der Waals surface area contributed by atoms with E-state index in [1.54, 1.807) is 6.33 Å². The van der Waals surface area contributed by atoms with Gasteiger partial charge in [0.05, 0.1) is 0 Å². The highest BCUT2D eigenvalue weighted by atomic mass is 15.2. The van der Waals surface area contributed by atoms with Gasteiger partial charge in [-0.2, -0.15) is 0 Å². The lowest BCUT2D eigenvalue weighted by atomic mass is 10.0. The molecule has 3 nitrogen and oxygen atoms in total. The third kappa shape index (κ3) is 2.33. The van der Waals surface area contributed by atoms with Crippen molar-refractivity contribution in [3.05, 3.63) is 12.2 Å². The van der Waals surface area contributed by atoms with Gasteiger partial charge in [-0.05, 0) is 6.42 Å². The Bertz CT molecular complexity index is 181. The zero-order chi connectivity index (χ0) is 8.10. The highest BCUT2D eigenvalue weighted by molar-refractivity contribution is 4.89. The third-order valence-corrected chi connectivity index (χ3v) is 1.89. The number of aromatic amines is 1. The summed E-state index contributed by atoms with van der Waals surface area (Å²) in [5, 5.41) is 7.71. The first-order valence-electron chi connectivity index (χ1n) is 4.20. The molecule has 0 saturated heterocycles. The zero-order valence-electron chi connectivity index (χ0n) is 7.17. The zero-order valence-corrected chi connectivity index (χ0v) is 7.17. The number of nitrogens with one attached hydrogen (secondary N) is 1. The van der Waals surface area contributed by atoms with E-state index < -0.39 is 0 Å². The lowest BCUT2D eigenvalue weighted by Crippen LogP contribution is -1.95. The van der Waals surface area contributed by atoms with Crippen molar-refractivity contribution in [3.8, 4) is 0 Å². The van der Waals surface area contributed by atoms with Gasteiger partial charge in [0.1, 0.15) is 12.2 Å². The summed E-state index contributed by atoms with van der Waals surface area (Å²) in [6.07, 6.45) is 5.35. The molecule has 0 saturated carbocycles. The van der Waals surface area contributed by atoms with Crippen molar-refractivity contribution >= 4 is 0 Å². The highest BCUT2D eigenvalue weighted by Gasteiger charge is 2.06. The summed E-state index contributed by atoms with van der Waals surface area (Å²) in [6.45, 7) is 4.38. The standard InChI is InChI=1S/C8H15N3/c1-3-4-5-7(2)8-9-6-10-11-8/h6-7H,3-5H2,1-2H3,(H,9,10,11)/t7-/m1/s1. The molecule has 0 aliphatic carbocycles. The fraction of sp³-hybridized carbons (Fsp3) is 0.750. The van der Waals surface area contributed by atoms with Crippen LogP contribution in [0.2, 0.25) is 0 Å². The second kappa shape index (κ2) is 4.11. The van der Waals surface area contributed by atoms with Gasteiger partial charge in [0.2, 0.25) is 0 Å². The topological polar surface area (TPSA) is 41.6 Å². The number of aromatic nitrogens is 3. The molecule has 0 unspecified atom stereocenters. The van der Waals surface area contributed by atoms with E-state index in [9.17, 15) is 0 Å². The molecule has 1 atom stereocenters. The molecule has 1 aromatic heterocycles. The average Bonchev–Trinajstić information content (AvgIpc) is 2.52. The van der Waals surface area contributed by atoms with Gasteiger partial charge in [0.25, 0.3) is 0 Å². The van der Waals surface area contributed by atoms with Gasteiger partial charge in [-0.25, -0.2) is 0 Å². The van der Waals surface area contributed by atoms with Gasteiger partial charge in [0.15, 0.2) is 0 Å². The molecule has 0 radical (unpaired) electrons. The molecule has 0 aliphatic rings. The number of rotatable bonds is 4. The number of nitrogens with zero attached hydrogens (tertiary/aromatic N) is 2. The lowest BCUT2D eigenvalue weighted by Gasteiger charge is -2.04. The van der Waals surface area contributed by atoms with Crippen molar-refractivity contribution in [1.82, 2.24) is 15.2 Å². The van der Waals surface area contributed by atoms with Crippen molar-refractivity contribution in [3.63, 3.8) is 0 Å². The van der Waals surface area contributed by atoms with Gasteiger partial charge in [0, 0.05) is 5.92 Å². The Morgan fingerprint density at radius 2 is 2.45 bits per heavy atom. The highest BCUT2D eigenvalue weighted by Crippen LogP contribution is 2.16. The Balaban J connectivity index is 2.36. The van der Waals surface area contributed by atoms with E-state index >= 15 is 0 Å². The smallest absolute Gasteiger partial charge is 0.132 e. The van der Waals surface area contributed by atoms with E-state index in [4.69, 9.17) is 0 Å². The van der Waals surface area contributed by atoms with Crippen molar-refractivity contribution in [2.75, 3.05) is 0 Å². The molecule has 1 aromatic rings. The molecule has 0 aromatic carbocycles. The van der Waals surface area contributed by atoms with E-state index in [0.717, 1.165) is 5.82 Å². The number of hydrogen-bond acceptors (Lipinski definition) is 2. The van der Waals surface area contributed by atoms with Crippen molar-refractivity contribution < 1.29 is 0 Å². The van der Waals surface area contributed by atoms with E-state index in [0.29, 0.717) is 5.92 Å². The molecule has 1 rings (SSSR count). The summed E-state index contributed by atoms with van der Waals surface area (Å²) in [4.78, 5) is 3.02. The second-order valence-corrected chi connectivity index (χ2v) is 2.92. The molecule has 1 heterocycles. The summed E-state index contributed by atoms with van der Waals surface area (Å²) in [7, 11) is 0. The maximum Gasteiger partial charge on any atom is 0.132 e. The van der Waals surface area contributed by atoms with Gasteiger partial charge in [-0.3, -0.25) is 0 Å². The van der Waals surface area contributed by atoms with Crippen LogP contribution in [0.15, 0.2) is 6.33 Å². The van der Waals surface area contributed by atoms with Crippen molar-refractivity contribution in [1.29, 1.82) is 0 Å². The Morgan fingerprint density at radius 3 is 3.00 bits per heavy atom. The quantitative estimate of drug-likeness (QED) is 0.719. The Kier molecular flexibility index (Phi) is 3.08. The Labute approximate surface area is 67.2 Å². The third-order valence-electron chi connectivity index (χ3n) is 1.89. The van der Waals surface area contributed by atoms with Crippen LogP contribution in [0.25, 0.3) is 0 Å². The predicted octanol–water partition coefficient (Wildman–Crippen LogP) is 2.10. The first kappa shape index (κ1) is 8.24. The SMILES string of the molecule is CCCC[C@@H](C)c1nnc[nH]1. The fourth-order valence-electron chi connectivity index (χ4n) is 1.10. The molecular weight excluding hydrogens is 138 g/mol. The van der Waals surface area contributed by atoms with Crippen LogP contribution in [-0.4, -0.2) is 15.2 Å². The van der Waals surface area contributed by atoms with Crippen LogP contribution in [0.1, 0.15) is 44.9 Å². The number of unbranched alkanes of at least 4 members (excludes halogenated alkanes) is 1. The minimum atomic E-state index is 0.525.